The summed E-state index contributed by atoms with van der Waals surface area (Å²) in [6, 6.07) is 12.4. The monoisotopic (exact) mass is 606 g/mol. The van der Waals surface area contributed by atoms with Crippen molar-refractivity contribution in [2.75, 3.05) is 33.9 Å². The van der Waals surface area contributed by atoms with Gasteiger partial charge in [-0.15, -0.1) is 0 Å². The SMILES string of the molecule is COc1ccc(CCCC(=O)N2CCCOc3cc(ccc3OC)-c3nc(c(C)o3)CNC(=O)[C@H](C(C)C)NC(=O)C2)cc1. The van der Waals surface area contributed by atoms with E-state index in [9.17, 15) is 14.4 Å². The predicted molar refractivity (Wildman–Crippen MR) is 164 cm³/mol. The maximum Gasteiger partial charge on any atom is 0.243 e. The normalized spacial score (nSPS) is 16.3. The number of ether oxygens (including phenoxy) is 3. The van der Waals surface area contributed by atoms with Gasteiger partial charge in [-0.05, 0) is 68.0 Å². The Kier molecular flexibility index (Phi) is 11.2. The molecule has 0 saturated heterocycles. The highest BCUT2D eigenvalue weighted by molar-refractivity contribution is 5.90. The Morgan fingerprint density at radius 2 is 1.89 bits per heavy atom. The van der Waals surface area contributed by atoms with E-state index in [0.29, 0.717) is 53.8 Å². The van der Waals surface area contributed by atoms with Crippen molar-refractivity contribution in [3.63, 3.8) is 0 Å². The number of nitrogens with zero attached hydrogens (tertiary/aromatic N) is 2. The second-order valence-electron chi connectivity index (χ2n) is 11.1. The summed E-state index contributed by atoms with van der Waals surface area (Å²) in [6.07, 6.45) is 2.10. The number of nitrogens with one attached hydrogen (secondary N) is 2. The summed E-state index contributed by atoms with van der Waals surface area (Å²) in [7, 11) is 3.18. The number of carbonyl (C=O) groups is 3. The lowest BCUT2D eigenvalue weighted by atomic mass is 10.0. The first-order chi connectivity index (χ1) is 21.2. The van der Waals surface area contributed by atoms with Crippen molar-refractivity contribution in [1.29, 1.82) is 0 Å². The van der Waals surface area contributed by atoms with Crippen molar-refractivity contribution in [1.82, 2.24) is 20.5 Å². The molecule has 1 aromatic heterocycles. The third kappa shape index (κ3) is 8.52. The largest absolute Gasteiger partial charge is 0.497 e. The molecule has 2 heterocycles. The summed E-state index contributed by atoms with van der Waals surface area (Å²) in [5, 5.41) is 5.71. The maximum absolute atomic E-state index is 13.3. The van der Waals surface area contributed by atoms with Crippen LogP contribution in [0.1, 0.15) is 50.1 Å². The molecule has 1 aliphatic heterocycles. The summed E-state index contributed by atoms with van der Waals surface area (Å²) < 4.78 is 22.7. The van der Waals surface area contributed by atoms with Gasteiger partial charge in [-0.25, -0.2) is 4.98 Å². The smallest absolute Gasteiger partial charge is 0.243 e. The van der Waals surface area contributed by atoms with Gasteiger partial charge in [0.1, 0.15) is 23.2 Å². The van der Waals surface area contributed by atoms with Crippen LogP contribution in [0.25, 0.3) is 11.5 Å². The molecule has 44 heavy (non-hydrogen) atoms. The Bertz CT molecular complexity index is 1430. The molecule has 4 bridgehead atoms. The molecular formula is C33H42N4O7. The Hall–Kier alpha value is -4.54. The summed E-state index contributed by atoms with van der Waals surface area (Å²) in [5.74, 6) is 1.73. The second kappa shape index (κ2) is 15.3. The zero-order chi connectivity index (χ0) is 31.6. The van der Waals surface area contributed by atoms with E-state index in [0.717, 1.165) is 17.7 Å². The minimum atomic E-state index is -0.785. The van der Waals surface area contributed by atoms with Crippen LogP contribution in [-0.4, -0.2) is 67.6 Å². The van der Waals surface area contributed by atoms with Crippen LogP contribution < -0.4 is 24.8 Å². The van der Waals surface area contributed by atoms with Gasteiger partial charge in [0.2, 0.25) is 23.6 Å². The number of oxazole rings is 1. The molecule has 1 atom stereocenters. The summed E-state index contributed by atoms with van der Waals surface area (Å²) in [4.78, 5) is 45.8. The standard InChI is InChI=1S/C33H42N4O7/c1-21(2)31-32(40)34-19-26-22(3)44-33(35-26)24-12-15-27(42-5)28(18-24)43-17-7-16-37(20-29(38)36-31)30(39)9-6-8-23-10-13-25(41-4)14-11-23/h10-15,18,21,31H,6-9,16-17,19-20H2,1-5H3,(H,34,40)(H,36,38)/t31-/m0/s1. The van der Waals surface area contributed by atoms with Crippen molar-refractivity contribution >= 4 is 17.7 Å². The predicted octanol–water partition coefficient (Wildman–Crippen LogP) is 4.06. The third-order valence-electron chi connectivity index (χ3n) is 7.53. The minimum Gasteiger partial charge on any atom is -0.497 e. The van der Waals surface area contributed by atoms with Crippen LogP contribution in [0.4, 0.5) is 0 Å². The van der Waals surface area contributed by atoms with Crippen LogP contribution in [0.15, 0.2) is 46.9 Å². The number of hydrogen-bond acceptors (Lipinski definition) is 8. The topological polar surface area (TPSA) is 132 Å². The summed E-state index contributed by atoms with van der Waals surface area (Å²) >= 11 is 0. The number of carbonyl (C=O) groups excluding carboxylic acids is 3. The van der Waals surface area contributed by atoms with E-state index < -0.39 is 11.9 Å². The molecule has 4 rings (SSSR count). The number of hydrogen-bond donors (Lipinski definition) is 2. The molecule has 0 saturated carbocycles. The molecule has 1 aliphatic rings. The van der Waals surface area contributed by atoms with Crippen LogP contribution >= 0.6 is 0 Å². The number of aryl methyl sites for hydroxylation is 2. The van der Waals surface area contributed by atoms with Gasteiger partial charge >= 0.3 is 0 Å². The lowest BCUT2D eigenvalue weighted by Crippen LogP contribution is -2.52. The van der Waals surface area contributed by atoms with Gasteiger partial charge < -0.3 is 34.2 Å². The zero-order valence-corrected chi connectivity index (χ0v) is 26.1. The molecule has 3 amide bonds. The molecule has 11 nitrogen and oxygen atoms in total. The average molecular weight is 607 g/mol. The van der Waals surface area contributed by atoms with E-state index in [1.807, 2.05) is 44.2 Å². The molecule has 0 fully saturated rings. The van der Waals surface area contributed by atoms with Crippen LogP contribution in [0.2, 0.25) is 0 Å². The summed E-state index contributed by atoms with van der Waals surface area (Å²) in [5.41, 5.74) is 2.37. The van der Waals surface area contributed by atoms with Crippen molar-refractivity contribution < 1.29 is 33.0 Å². The molecule has 0 spiro atoms. The Balaban J connectivity index is 1.52. The van der Waals surface area contributed by atoms with Crippen molar-refractivity contribution in [2.45, 2.75) is 59.0 Å². The van der Waals surface area contributed by atoms with Crippen LogP contribution in [0.5, 0.6) is 17.2 Å². The molecular weight excluding hydrogens is 564 g/mol. The van der Waals surface area contributed by atoms with Gasteiger partial charge in [0, 0.05) is 18.5 Å². The van der Waals surface area contributed by atoms with Gasteiger partial charge in [-0.3, -0.25) is 14.4 Å². The van der Waals surface area contributed by atoms with E-state index >= 15 is 0 Å². The molecule has 236 valence electrons. The van der Waals surface area contributed by atoms with E-state index in [1.165, 1.54) is 4.90 Å². The second-order valence-corrected chi connectivity index (χ2v) is 11.1. The number of aromatic nitrogens is 1. The third-order valence-corrected chi connectivity index (χ3v) is 7.53. The lowest BCUT2D eigenvalue weighted by Gasteiger charge is -2.26. The van der Waals surface area contributed by atoms with E-state index in [4.69, 9.17) is 18.6 Å². The molecule has 2 aromatic carbocycles. The minimum absolute atomic E-state index is 0.131. The highest BCUT2D eigenvalue weighted by atomic mass is 16.5. The maximum atomic E-state index is 13.3. The number of fused-ring (bicyclic) bond motifs is 5. The van der Waals surface area contributed by atoms with Gasteiger partial charge in [-0.2, -0.15) is 0 Å². The summed E-state index contributed by atoms with van der Waals surface area (Å²) in [6.45, 7) is 6.05. The Morgan fingerprint density at radius 1 is 1.11 bits per heavy atom. The van der Waals surface area contributed by atoms with Crippen LogP contribution in [0.3, 0.4) is 0 Å². The Labute approximate surface area is 258 Å². The number of benzene rings is 2. The molecule has 0 radical (unpaired) electrons. The zero-order valence-electron chi connectivity index (χ0n) is 26.1. The first kappa shape index (κ1) is 32.4. The average Bonchev–Trinajstić information content (AvgIpc) is 3.39. The fourth-order valence-corrected chi connectivity index (χ4v) is 4.97. The molecule has 11 heteroatoms. The highest BCUT2D eigenvalue weighted by Gasteiger charge is 2.27. The quantitative estimate of drug-likeness (QED) is 0.412. The molecule has 0 unspecified atom stereocenters. The van der Waals surface area contributed by atoms with E-state index in [2.05, 4.69) is 15.6 Å². The first-order valence-corrected chi connectivity index (χ1v) is 14.9. The van der Waals surface area contributed by atoms with Crippen LogP contribution in [0, 0.1) is 12.8 Å². The first-order valence-electron chi connectivity index (χ1n) is 14.9. The Morgan fingerprint density at radius 3 is 2.59 bits per heavy atom. The lowest BCUT2D eigenvalue weighted by molar-refractivity contribution is -0.137. The number of amides is 3. The molecule has 2 N–H and O–H groups in total. The fraction of sp³-hybridized carbons (Fsp3) is 0.455. The van der Waals surface area contributed by atoms with E-state index in [-0.39, 0.29) is 43.8 Å². The van der Waals surface area contributed by atoms with Crippen molar-refractivity contribution in [2.24, 2.45) is 5.92 Å². The van der Waals surface area contributed by atoms with Gasteiger partial charge in [0.05, 0.1) is 33.9 Å². The van der Waals surface area contributed by atoms with Gasteiger partial charge in [-0.1, -0.05) is 26.0 Å². The highest BCUT2D eigenvalue weighted by Crippen LogP contribution is 2.33. The number of methoxy groups -OCH3 is 2. The van der Waals surface area contributed by atoms with Crippen molar-refractivity contribution in [3.05, 3.63) is 59.5 Å². The molecule has 3 aromatic rings. The molecule has 0 aliphatic carbocycles. The van der Waals surface area contributed by atoms with Crippen LogP contribution in [-0.2, 0) is 27.3 Å². The van der Waals surface area contributed by atoms with Gasteiger partial charge in [0.15, 0.2) is 11.5 Å². The van der Waals surface area contributed by atoms with Crippen molar-refractivity contribution in [3.8, 4) is 28.7 Å². The van der Waals surface area contributed by atoms with Gasteiger partial charge in [0.25, 0.3) is 0 Å². The number of rotatable bonds is 7. The fourth-order valence-electron chi connectivity index (χ4n) is 4.97. The van der Waals surface area contributed by atoms with E-state index in [1.54, 1.807) is 33.3 Å².